The molecule has 3 aromatic rings. The van der Waals surface area contributed by atoms with E-state index in [0.29, 0.717) is 58.2 Å². The van der Waals surface area contributed by atoms with E-state index in [9.17, 15) is 4.79 Å². The van der Waals surface area contributed by atoms with Gasteiger partial charge in [-0.25, -0.2) is 5.43 Å². The molecule has 0 saturated carbocycles. The minimum absolute atomic E-state index is 0.346. The third-order valence-electron chi connectivity index (χ3n) is 4.62. The molecule has 1 amide bonds. The van der Waals surface area contributed by atoms with Crippen LogP contribution in [0.15, 0.2) is 65.8 Å². The summed E-state index contributed by atoms with van der Waals surface area (Å²) in [7, 11) is 0. The number of nitrogens with zero attached hydrogens (tertiary/aromatic N) is 1. The van der Waals surface area contributed by atoms with Gasteiger partial charge in [-0.05, 0) is 67.4 Å². The number of hydrogen-bond donors (Lipinski definition) is 1. The molecule has 0 fully saturated rings. The van der Waals surface area contributed by atoms with Gasteiger partial charge in [0.2, 0.25) is 0 Å². The number of carbonyl (C=O) groups is 1. The maximum Gasteiger partial charge on any atom is 0.271 e. The van der Waals surface area contributed by atoms with Gasteiger partial charge in [-0.15, -0.1) is 0 Å². The number of halogens is 2. The highest BCUT2D eigenvalue weighted by molar-refractivity contribution is 6.31. The van der Waals surface area contributed by atoms with Crippen LogP contribution in [0.25, 0.3) is 0 Å². The van der Waals surface area contributed by atoms with Gasteiger partial charge in [0.25, 0.3) is 5.91 Å². The van der Waals surface area contributed by atoms with Crippen molar-refractivity contribution < 1.29 is 19.0 Å². The molecule has 0 aliphatic carbocycles. The molecule has 8 heteroatoms. The monoisotopic (exact) mass is 500 g/mol. The Balaban J connectivity index is 1.68. The molecule has 0 bridgehead atoms. The summed E-state index contributed by atoms with van der Waals surface area (Å²) >= 11 is 12.1. The number of rotatable bonds is 11. The van der Waals surface area contributed by atoms with Crippen molar-refractivity contribution in [3.05, 3.63) is 87.4 Å². The van der Waals surface area contributed by atoms with Crippen LogP contribution in [-0.4, -0.2) is 25.3 Å². The van der Waals surface area contributed by atoms with E-state index in [1.54, 1.807) is 48.5 Å². The van der Waals surface area contributed by atoms with Crippen LogP contribution in [0, 0.1) is 0 Å². The van der Waals surface area contributed by atoms with Gasteiger partial charge in [-0.1, -0.05) is 42.3 Å². The molecule has 0 heterocycles. The molecule has 3 aromatic carbocycles. The molecule has 0 spiro atoms. The van der Waals surface area contributed by atoms with Gasteiger partial charge < -0.3 is 14.2 Å². The van der Waals surface area contributed by atoms with Crippen LogP contribution in [0.4, 0.5) is 0 Å². The fourth-order valence-corrected chi connectivity index (χ4v) is 3.27. The number of hydrazone groups is 1. The Hall–Kier alpha value is -3.22. The lowest BCUT2D eigenvalue weighted by Gasteiger charge is -2.12. The molecule has 6 nitrogen and oxygen atoms in total. The fraction of sp³-hybridized carbons (Fsp3) is 0.231. The van der Waals surface area contributed by atoms with E-state index in [0.717, 1.165) is 12.0 Å². The number of nitrogens with one attached hydrogen (secondary N) is 1. The quantitative estimate of drug-likeness (QED) is 0.240. The highest BCUT2D eigenvalue weighted by atomic mass is 35.5. The second-order valence-electron chi connectivity index (χ2n) is 7.24. The highest BCUT2D eigenvalue weighted by Gasteiger charge is 2.11. The Morgan fingerprint density at radius 2 is 1.62 bits per heavy atom. The fourth-order valence-electron chi connectivity index (χ4n) is 2.97. The van der Waals surface area contributed by atoms with Gasteiger partial charge in [-0.2, -0.15) is 5.10 Å². The lowest BCUT2D eigenvalue weighted by Crippen LogP contribution is -2.18. The normalized spacial score (nSPS) is 10.8. The zero-order valence-electron chi connectivity index (χ0n) is 19.0. The van der Waals surface area contributed by atoms with Crippen LogP contribution in [0.5, 0.6) is 17.2 Å². The van der Waals surface area contributed by atoms with E-state index in [4.69, 9.17) is 37.4 Å². The number of amides is 1. The Kier molecular flexibility index (Phi) is 9.62. The smallest absolute Gasteiger partial charge is 0.271 e. The molecule has 178 valence electrons. The first kappa shape index (κ1) is 25.4. The molecule has 0 atom stereocenters. The molecule has 0 aliphatic rings. The second kappa shape index (κ2) is 12.9. The number of ether oxygens (including phenoxy) is 3. The highest BCUT2D eigenvalue weighted by Crippen LogP contribution is 2.29. The Morgan fingerprint density at radius 1 is 0.882 bits per heavy atom. The molecule has 34 heavy (non-hydrogen) atoms. The van der Waals surface area contributed by atoms with Crippen molar-refractivity contribution in [3.8, 4) is 17.2 Å². The Labute approximate surface area is 209 Å². The summed E-state index contributed by atoms with van der Waals surface area (Å²) in [5.41, 5.74) is 4.51. The summed E-state index contributed by atoms with van der Waals surface area (Å²) in [6, 6.07) is 17.6. The first-order chi connectivity index (χ1) is 16.5. The predicted molar refractivity (Wildman–Crippen MR) is 136 cm³/mol. The van der Waals surface area contributed by atoms with E-state index in [1.165, 1.54) is 6.21 Å². The SMILES string of the molecule is CCCOc1ccc(C(=O)N/N=C/c2cc(Cl)ccc2OCc2ccc(Cl)cc2)cc1OCC. The Morgan fingerprint density at radius 3 is 2.35 bits per heavy atom. The summed E-state index contributed by atoms with van der Waals surface area (Å²) in [4.78, 5) is 12.6. The van der Waals surface area contributed by atoms with Gasteiger partial charge in [-0.3, -0.25) is 4.79 Å². The minimum Gasteiger partial charge on any atom is -0.490 e. The van der Waals surface area contributed by atoms with Crippen molar-refractivity contribution in [3.63, 3.8) is 0 Å². The summed E-state index contributed by atoms with van der Waals surface area (Å²) < 4.78 is 17.2. The van der Waals surface area contributed by atoms with Crippen molar-refractivity contribution in [2.45, 2.75) is 26.9 Å². The van der Waals surface area contributed by atoms with Crippen LogP contribution in [0.1, 0.15) is 41.8 Å². The zero-order chi connectivity index (χ0) is 24.3. The lowest BCUT2D eigenvalue weighted by molar-refractivity contribution is 0.0954. The van der Waals surface area contributed by atoms with Crippen LogP contribution < -0.4 is 19.6 Å². The standard InChI is InChI=1S/C26H26Cl2N2O4/c1-3-13-33-24-11-7-19(15-25(24)32-4-2)26(31)30-29-16-20-14-22(28)10-12-23(20)34-17-18-5-8-21(27)9-6-18/h5-12,14-16H,3-4,13,17H2,1-2H3,(H,30,31)/b29-16+. The van der Waals surface area contributed by atoms with Gasteiger partial charge >= 0.3 is 0 Å². The van der Waals surface area contributed by atoms with Crippen LogP contribution in [0.3, 0.4) is 0 Å². The maximum absolute atomic E-state index is 12.6. The topological polar surface area (TPSA) is 69.2 Å². The van der Waals surface area contributed by atoms with E-state index in [1.807, 2.05) is 26.0 Å². The molecule has 0 aromatic heterocycles. The van der Waals surface area contributed by atoms with E-state index >= 15 is 0 Å². The number of carbonyl (C=O) groups excluding carboxylic acids is 1. The molecule has 0 unspecified atom stereocenters. The summed E-state index contributed by atoms with van der Waals surface area (Å²) in [5, 5.41) is 5.27. The van der Waals surface area contributed by atoms with E-state index < -0.39 is 0 Å². The first-order valence-electron chi connectivity index (χ1n) is 10.9. The van der Waals surface area contributed by atoms with Crippen molar-refractivity contribution >= 4 is 35.3 Å². The Bertz CT molecular complexity index is 1130. The maximum atomic E-state index is 12.6. The second-order valence-corrected chi connectivity index (χ2v) is 8.11. The molecular formula is C26H26Cl2N2O4. The van der Waals surface area contributed by atoms with E-state index in [2.05, 4.69) is 10.5 Å². The molecule has 0 radical (unpaired) electrons. The third-order valence-corrected chi connectivity index (χ3v) is 5.10. The molecule has 1 N–H and O–H groups in total. The lowest BCUT2D eigenvalue weighted by atomic mass is 10.2. The molecule has 0 aliphatic heterocycles. The average Bonchev–Trinajstić information content (AvgIpc) is 2.84. The summed E-state index contributed by atoms with van der Waals surface area (Å²) in [5.74, 6) is 1.31. The van der Waals surface area contributed by atoms with Gasteiger partial charge in [0.05, 0.1) is 19.4 Å². The third kappa shape index (κ3) is 7.40. The van der Waals surface area contributed by atoms with Crippen molar-refractivity contribution in [2.75, 3.05) is 13.2 Å². The minimum atomic E-state index is -0.384. The van der Waals surface area contributed by atoms with Crippen molar-refractivity contribution in [2.24, 2.45) is 5.10 Å². The number of hydrogen-bond acceptors (Lipinski definition) is 5. The van der Waals surface area contributed by atoms with Gasteiger partial charge in [0, 0.05) is 21.2 Å². The van der Waals surface area contributed by atoms with Crippen molar-refractivity contribution in [1.82, 2.24) is 5.43 Å². The average molecular weight is 501 g/mol. The molecule has 0 saturated heterocycles. The number of benzene rings is 3. The van der Waals surface area contributed by atoms with Crippen LogP contribution in [-0.2, 0) is 6.61 Å². The van der Waals surface area contributed by atoms with Gasteiger partial charge in [0.1, 0.15) is 12.4 Å². The summed E-state index contributed by atoms with van der Waals surface area (Å²) in [6.45, 7) is 5.27. The van der Waals surface area contributed by atoms with E-state index in [-0.39, 0.29) is 5.91 Å². The van der Waals surface area contributed by atoms with Crippen LogP contribution in [0.2, 0.25) is 10.0 Å². The van der Waals surface area contributed by atoms with Crippen LogP contribution >= 0.6 is 23.2 Å². The van der Waals surface area contributed by atoms with Gasteiger partial charge in [0.15, 0.2) is 11.5 Å². The zero-order valence-corrected chi connectivity index (χ0v) is 20.5. The predicted octanol–water partition coefficient (Wildman–Crippen LogP) is 6.52. The van der Waals surface area contributed by atoms with Crippen molar-refractivity contribution in [1.29, 1.82) is 0 Å². The summed E-state index contributed by atoms with van der Waals surface area (Å²) in [6.07, 6.45) is 2.36. The molecular weight excluding hydrogens is 475 g/mol. The largest absolute Gasteiger partial charge is 0.490 e. The molecule has 3 rings (SSSR count). The first-order valence-corrected chi connectivity index (χ1v) is 11.7.